The number of fused-ring (bicyclic) bond motifs is 1. The van der Waals surface area contributed by atoms with Crippen molar-refractivity contribution in [2.24, 2.45) is 0 Å². The first kappa shape index (κ1) is 14.7. The van der Waals surface area contributed by atoms with E-state index >= 15 is 0 Å². The Morgan fingerprint density at radius 2 is 2.05 bits per heavy atom. The van der Waals surface area contributed by atoms with Crippen LogP contribution in [0.15, 0.2) is 18.3 Å². The monoisotopic (exact) mass is 328 g/mol. The molecule has 0 radical (unpaired) electrons. The highest BCUT2D eigenvalue weighted by molar-refractivity contribution is 7.11. The van der Waals surface area contributed by atoms with E-state index in [-0.39, 0.29) is 17.5 Å². The molecule has 0 aliphatic heterocycles. The molecule has 0 amide bonds. The zero-order chi connectivity index (χ0) is 15.9. The van der Waals surface area contributed by atoms with E-state index in [0.717, 1.165) is 9.88 Å². The highest BCUT2D eigenvalue weighted by Gasteiger charge is 2.37. The van der Waals surface area contributed by atoms with Gasteiger partial charge < -0.3 is 5.32 Å². The number of thiazole rings is 1. The Kier molecular flexibility index (Phi) is 3.47. The summed E-state index contributed by atoms with van der Waals surface area (Å²) in [4.78, 5) is 5.30. The fourth-order valence-corrected chi connectivity index (χ4v) is 2.67. The highest BCUT2D eigenvalue weighted by atomic mass is 32.1. The number of halogens is 3. The van der Waals surface area contributed by atoms with Gasteiger partial charge in [0.15, 0.2) is 5.65 Å². The third-order valence-electron chi connectivity index (χ3n) is 2.89. The Morgan fingerprint density at radius 3 is 2.68 bits per heavy atom. The van der Waals surface area contributed by atoms with Crippen LogP contribution < -0.4 is 5.32 Å². The van der Waals surface area contributed by atoms with Gasteiger partial charge in [-0.2, -0.15) is 17.7 Å². The van der Waals surface area contributed by atoms with Gasteiger partial charge in [0.1, 0.15) is 10.8 Å². The number of aryl methyl sites for hydroxylation is 1. The van der Waals surface area contributed by atoms with E-state index in [2.05, 4.69) is 25.6 Å². The van der Waals surface area contributed by atoms with Gasteiger partial charge in [-0.25, -0.2) is 4.98 Å². The molecule has 1 atom stereocenters. The zero-order valence-corrected chi connectivity index (χ0v) is 12.4. The first-order valence-corrected chi connectivity index (χ1v) is 7.15. The van der Waals surface area contributed by atoms with E-state index in [0.29, 0.717) is 4.52 Å². The van der Waals surface area contributed by atoms with E-state index in [1.54, 1.807) is 12.3 Å². The molecule has 0 spiro atoms. The van der Waals surface area contributed by atoms with Crippen molar-refractivity contribution in [1.82, 2.24) is 24.8 Å². The number of alkyl halides is 3. The maximum Gasteiger partial charge on any atom is 0.453 e. The van der Waals surface area contributed by atoms with Crippen LogP contribution in [-0.2, 0) is 6.18 Å². The molecule has 116 valence electrons. The van der Waals surface area contributed by atoms with Gasteiger partial charge in [-0.1, -0.05) is 0 Å². The Bertz CT molecular complexity index is 809. The van der Waals surface area contributed by atoms with E-state index in [4.69, 9.17) is 0 Å². The third-order valence-corrected chi connectivity index (χ3v) is 3.99. The first-order valence-electron chi connectivity index (χ1n) is 6.33. The third kappa shape index (κ3) is 2.73. The average Bonchev–Trinajstić information content (AvgIpc) is 3.03. The molecule has 0 aliphatic carbocycles. The van der Waals surface area contributed by atoms with Crippen molar-refractivity contribution in [3.63, 3.8) is 0 Å². The first-order chi connectivity index (χ1) is 10.3. The van der Waals surface area contributed by atoms with E-state index < -0.39 is 12.0 Å². The summed E-state index contributed by atoms with van der Waals surface area (Å²) in [6.07, 6.45) is -2.86. The predicted octanol–water partition coefficient (Wildman–Crippen LogP) is 3.08. The summed E-state index contributed by atoms with van der Waals surface area (Å²) in [6.45, 7) is 3.80. The summed E-state index contributed by atoms with van der Waals surface area (Å²) >= 11 is 1.51. The maximum atomic E-state index is 12.8. The molecule has 1 N–H and O–H groups in total. The molecule has 0 saturated heterocycles. The lowest BCUT2D eigenvalue weighted by Crippen LogP contribution is -2.14. The van der Waals surface area contributed by atoms with Gasteiger partial charge in [0.2, 0.25) is 0 Å². The second kappa shape index (κ2) is 5.20. The molecule has 3 rings (SSSR count). The Balaban J connectivity index is 1.91. The number of nitrogens with one attached hydrogen (secondary N) is 1. The van der Waals surface area contributed by atoms with E-state index in [9.17, 15) is 13.2 Å². The molecule has 0 bridgehead atoms. The predicted molar refractivity (Wildman–Crippen MR) is 74.7 cm³/mol. The minimum atomic E-state index is -4.61. The van der Waals surface area contributed by atoms with Gasteiger partial charge in [-0.05, 0) is 26.0 Å². The standard InChI is InChI=1S/C12H11F3N6S/c1-6-5-16-10(22-6)7(2)17-8-3-4-9-18-19-11(12(13,14)15)21(9)20-8/h3-5,7H,1-2H3,(H,17,20). The van der Waals surface area contributed by atoms with E-state index in [1.165, 1.54) is 17.4 Å². The quantitative estimate of drug-likeness (QED) is 0.800. The maximum absolute atomic E-state index is 12.8. The number of hydrogen-bond acceptors (Lipinski definition) is 6. The van der Waals surface area contributed by atoms with Crippen LogP contribution in [0.5, 0.6) is 0 Å². The Morgan fingerprint density at radius 1 is 1.27 bits per heavy atom. The van der Waals surface area contributed by atoms with Crippen LogP contribution in [0.3, 0.4) is 0 Å². The molecule has 0 fully saturated rings. The van der Waals surface area contributed by atoms with Crippen molar-refractivity contribution >= 4 is 22.8 Å². The Labute approximate surface area is 127 Å². The lowest BCUT2D eigenvalue weighted by molar-refractivity contribution is -0.146. The van der Waals surface area contributed by atoms with Gasteiger partial charge in [-0.15, -0.1) is 26.6 Å². The molecular formula is C12H11F3N6S. The minimum absolute atomic E-state index is 0.0376. The van der Waals surface area contributed by atoms with Gasteiger partial charge >= 0.3 is 6.18 Å². The van der Waals surface area contributed by atoms with Crippen LogP contribution in [0.4, 0.5) is 19.0 Å². The second-order valence-corrected chi connectivity index (χ2v) is 5.95. The molecule has 6 nitrogen and oxygen atoms in total. The summed E-state index contributed by atoms with van der Waals surface area (Å²) in [5, 5.41) is 14.4. The van der Waals surface area contributed by atoms with Crippen LogP contribution in [0.25, 0.3) is 5.65 Å². The number of rotatable bonds is 3. The average molecular weight is 328 g/mol. The number of anilines is 1. The lowest BCUT2D eigenvalue weighted by Gasteiger charge is -2.12. The fourth-order valence-electron chi connectivity index (χ4n) is 1.90. The SMILES string of the molecule is Cc1cnc(C(C)Nc2ccc3nnc(C(F)(F)F)n3n2)s1. The molecule has 22 heavy (non-hydrogen) atoms. The van der Waals surface area contributed by atoms with Crippen molar-refractivity contribution in [3.8, 4) is 0 Å². The van der Waals surface area contributed by atoms with Crippen molar-refractivity contribution in [3.05, 3.63) is 34.0 Å². The van der Waals surface area contributed by atoms with E-state index in [1.807, 2.05) is 13.8 Å². The largest absolute Gasteiger partial charge is 0.453 e. The fraction of sp³-hybridized carbons (Fsp3) is 0.333. The Hall–Kier alpha value is -2.23. The van der Waals surface area contributed by atoms with Crippen LogP contribution in [0.1, 0.15) is 28.7 Å². The van der Waals surface area contributed by atoms with Crippen molar-refractivity contribution in [2.45, 2.75) is 26.1 Å². The van der Waals surface area contributed by atoms with Crippen LogP contribution in [0.2, 0.25) is 0 Å². The molecule has 3 aromatic rings. The lowest BCUT2D eigenvalue weighted by atomic mass is 10.3. The van der Waals surface area contributed by atoms with Crippen molar-refractivity contribution < 1.29 is 13.2 Å². The summed E-state index contributed by atoms with van der Waals surface area (Å²) in [5.74, 6) is -0.859. The van der Waals surface area contributed by atoms with Crippen LogP contribution in [0, 0.1) is 6.92 Å². The minimum Gasteiger partial charge on any atom is -0.360 e. The van der Waals surface area contributed by atoms with Gasteiger partial charge in [0, 0.05) is 11.1 Å². The molecule has 0 aliphatic rings. The molecule has 3 aromatic heterocycles. The van der Waals surface area contributed by atoms with Crippen LogP contribution >= 0.6 is 11.3 Å². The smallest absolute Gasteiger partial charge is 0.360 e. The number of nitrogens with zero attached hydrogens (tertiary/aromatic N) is 5. The summed E-state index contributed by atoms with van der Waals surface area (Å²) in [7, 11) is 0. The second-order valence-electron chi connectivity index (χ2n) is 4.69. The zero-order valence-electron chi connectivity index (χ0n) is 11.6. The number of hydrogen-bond donors (Lipinski definition) is 1. The molecule has 1 unspecified atom stereocenters. The summed E-state index contributed by atoms with van der Waals surface area (Å²) in [6, 6.07) is 2.81. The molecule has 10 heteroatoms. The summed E-state index contributed by atoms with van der Waals surface area (Å²) < 4.78 is 39.1. The number of aromatic nitrogens is 5. The van der Waals surface area contributed by atoms with Gasteiger partial charge in [-0.3, -0.25) is 0 Å². The summed E-state index contributed by atoms with van der Waals surface area (Å²) in [5.41, 5.74) is 0.0376. The van der Waals surface area contributed by atoms with Gasteiger partial charge in [0.05, 0.1) is 6.04 Å². The topological polar surface area (TPSA) is 68.0 Å². The van der Waals surface area contributed by atoms with Crippen molar-refractivity contribution in [1.29, 1.82) is 0 Å². The normalized spacial score (nSPS) is 13.5. The molecule has 3 heterocycles. The van der Waals surface area contributed by atoms with Crippen LogP contribution in [-0.4, -0.2) is 24.8 Å². The van der Waals surface area contributed by atoms with Crippen molar-refractivity contribution in [2.75, 3.05) is 5.32 Å². The van der Waals surface area contributed by atoms with Gasteiger partial charge in [0.25, 0.3) is 5.82 Å². The highest BCUT2D eigenvalue weighted by Crippen LogP contribution is 2.28. The molecular weight excluding hydrogens is 317 g/mol. The molecule has 0 saturated carbocycles. The molecule has 0 aromatic carbocycles.